The number of hydrogen-bond donors (Lipinski definition) is 1. The average molecular weight is 512 g/mol. The van der Waals surface area contributed by atoms with Gasteiger partial charge in [-0.15, -0.1) is 5.10 Å². The molecule has 1 fully saturated rings. The van der Waals surface area contributed by atoms with Crippen LogP contribution in [0.15, 0.2) is 36.5 Å². The Morgan fingerprint density at radius 3 is 2.61 bits per heavy atom. The number of benzene rings is 1. The summed E-state index contributed by atoms with van der Waals surface area (Å²) in [7, 11) is 3.19. The molecule has 0 amide bonds. The second-order valence-electron chi connectivity index (χ2n) is 9.53. The summed E-state index contributed by atoms with van der Waals surface area (Å²) in [4.78, 5) is 9.11. The number of pyridine rings is 2. The standard InChI is InChI=1S/C26H27ClFN5O3/c1-14-6-8-19(15(2)30-14)26(34,21-12-29-32-33(21)4)16-7-9-20-18(10-16)22(27)23(24(31-20)35-5)36-13-17-11-25(17,3)28/h6-10,12,17,34H,11,13H2,1-5H3. The molecular weight excluding hydrogens is 485 g/mol. The molecule has 3 aromatic heterocycles. The summed E-state index contributed by atoms with van der Waals surface area (Å²) in [6.45, 7) is 5.46. The predicted octanol–water partition coefficient (Wildman–Crippen LogP) is 4.45. The molecule has 10 heteroatoms. The van der Waals surface area contributed by atoms with E-state index in [-0.39, 0.29) is 29.2 Å². The molecule has 0 saturated heterocycles. The number of rotatable bonds is 7. The highest BCUT2D eigenvalue weighted by Gasteiger charge is 2.51. The minimum Gasteiger partial charge on any atom is -0.486 e. The molecular formula is C26H27ClFN5O3. The Bertz CT molecular complexity index is 1470. The molecule has 1 aliphatic rings. The predicted molar refractivity (Wildman–Crippen MR) is 133 cm³/mol. The highest BCUT2D eigenvalue weighted by molar-refractivity contribution is 6.37. The van der Waals surface area contributed by atoms with Crippen molar-refractivity contribution in [3.05, 3.63) is 69.8 Å². The van der Waals surface area contributed by atoms with Crippen molar-refractivity contribution in [3.63, 3.8) is 0 Å². The Labute approximate surface area is 213 Å². The van der Waals surface area contributed by atoms with Gasteiger partial charge in [0.15, 0.2) is 5.60 Å². The van der Waals surface area contributed by atoms with E-state index in [0.717, 1.165) is 5.69 Å². The van der Waals surface area contributed by atoms with Gasteiger partial charge in [-0.25, -0.2) is 14.1 Å². The zero-order valence-corrected chi connectivity index (χ0v) is 21.5. The first-order valence-electron chi connectivity index (χ1n) is 11.6. The van der Waals surface area contributed by atoms with Gasteiger partial charge in [0.1, 0.15) is 5.67 Å². The molecule has 1 saturated carbocycles. The lowest BCUT2D eigenvalue weighted by molar-refractivity contribution is 0.115. The van der Waals surface area contributed by atoms with Crippen molar-refractivity contribution in [1.29, 1.82) is 0 Å². The number of nitrogens with zero attached hydrogens (tertiary/aromatic N) is 5. The third-order valence-corrected chi connectivity index (χ3v) is 7.30. The molecule has 3 atom stereocenters. The van der Waals surface area contributed by atoms with Crippen molar-refractivity contribution in [2.45, 2.75) is 38.5 Å². The van der Waals surface area contributed by atoms with Gasteiger partial charge in [-0.05, 0) is 51.0 Å². The van der Waals surface area contributed by atoms with Crippen LogP contribution in [-0.4, -0.2) is 49.5 Å². The smallest absolute Gasteiger partial charge is 0.258 e. The fourth-order valence-electron chi connectivity index (χ4n) is 4.64. The third kappa shape index (κ3) is 3.96. The fraction of sp³-hybridized carbons (Fsp3) is 0.385. The van der Waals surface area contributed by atoms with Crippen molar-refractivity contribution >= 4 is 22.5 Å². The summed E-state index contributed by atoms with van der Waals surface area (Å²) in [5, 5.41) is 21.2. The van der Waals surface area contributed by atoms with E-state index in [2.05, 4.69) is 20.3 Å². The maximum atomic E-state index is 14.1. The van der Waals surface area contributed by atoms with Crippen molar-refractivity contribution in [3.8, 4) is 11.6 Å². The van der Waals surface area contributed by atoms with Crippen LogP contribution in [0.5, 0.6) is 11.6 Å². The number of aryl methyl sites for hydroxylation is 3. The molecule has 4 aromatic rings. The molecule has 1 aliphatic carbocycles. The minimum atomic E-state index is -1.63. The molecule has 36 heavy (non-hydrogen) atoms. The zero-order chi connectivity index (χ0) is 25.8. The number of alkyl halides is 1. The Kier molecular flexibility index (Phi) is 5.88. The van der Waals surface area contributed by atoms with Gasteiger partial charge in [0.2, 0.25) is 5.75 Å². The Balaban J connectivity index is 1.67. The van der Waals surface area contributed by atoms with E-state index >= 15 is 0 Å². The molecule has 3 heterocycles. The van der Waals surface area contributed by atoms with Crippen LogP contribution in [0.1, 0.15) is 41.6 Å². The first-order chi connectivity index (χ1) is 17.1. The van der Waals surface area contributed by atoms with Crippen LogP contribution in [0.2, 0.25) is 5.02 Å². The van der Waals surface area contributed by atoms with Crippen LogP contribution < -0.4 is 9.47 Å². The summed E-state index contributed by atoms with van der Waals surface area (Å²) >= 11 is 6.81. The second kappa shape index (κ2) is 8.67. The lowest BCUT2D eigenvalue weighted by Crippen LogP contribution is -2.32. The van der Waals surface area contributed by atoms with Crippen LogP contribution in [0.3, 0.4) is 0 Å². The van der Waals surface area contributed by atoms with E-state index in [1.807, 2.05) is 26.0 Å². The monoisotopic (exact) mass is 511 g/mol. The van der Waals surface area contributed by atoms with Crippen LogP contribution in [0.4, 0.5) is 4.39 Å². The number of methoxy groups -OCH3 is 1. The molecule has 5 rings (SSSR count). The molecule has 1 N–H and O–H groups in total. The summed E-state index contributed by atoms with van der Waals surface area (Å²) in [6.07, 6.45) is 1.96. The van der Waals surface area contributed by atoms with Crippen LogP contribution in [0, 0.1) is 19.8 Å². The Morgan fingerprint density at radius 2 is 2.00 bits per heavy atom. The molecule has 3 unspecified atom stereocenters. The number of halogens is 2. The van der Waals surface area contributed by atoms with Crippen molar-refractivity contribution in [2.75, 3.05) is 13.7 Å². The van der Waals surface area contributed by atoms with E-state index < -0.39 is 11.3 Å². The maximum absolute atomic E-state index is 14.1. The number of fused-ring (bicyclic) bond motifs is 1. The third-order valence-electron chi connectivity index (χ3n) is 6.93. The normalized spacial score (nSPS) is 20.8. The molecule has 0 radical (unpaired) electrons. The van der Waals surface area contributed by atoms with E-state index in [1.165, 1.54) is 18.0 Å². The number of hydrogen-bond acceptors (Lipinski definition) is 7. The first kappa shape index (κ1) is 24.4. The number of aliphatic hydroxyl groups is 1. The molecule has 1 aromatic carbocycles. The fourth-order valence-corrected chi connectivity index (χ4v) is 4.93. The van der Waals surface area contributed by atoms with Crippen molar-refractivity contribution in [2.24, 2.45) is 13.0 Å². The average Bonchev–Trinajstić information content (AvgIpc) is 3.21. The number of ether oxygens (including phenoxy) is 2. The number of aromatic nitrogens is 5. The zero-order valence-electron chi connectivity index (χ0n) is 20.7. The van der Waals surface area contributed by atoms with Gasteiger partial charge in [0.05, 0.1) is 36.1 Å². The second-order valence-corrected chi connectivity index (χ2v) is 9.90. The minimum absolute atomic E-state index is 0.162. The van der Waals surface area contributed by atoms with Gasteiger partial charge in [-0.1, -0.05) is 28.9 Å². The van der Waals surface area contributed by atoms with E-state index in [1.54, 1.807) is 32.2 Å². The van der Waals surface area contributed by atoms with Crippen LogP contribution in [0.25, 0.3) is 10.9 Å². The van der Waals surface area contributed by atoms with Crippen LogP contribution in [-0.2, 0) is 12.6 Å². The first-order valence-corrected chi connectivity index (χ1v) is 12.0. The maximum Gasteiger partial charge on any atom is 0.258 e. The largest absolute Gasteiger partial charge is 0.486 e. The molecule has 0 bridgehead atoms. The lowest BCUT2D eigenvalue weighted by atomic mass is 9.82. The van der Waals surface area contributed by atoms with Gasteiger partial charge in [0.25, 0.3) is 5.88 Å². The van der Waals surface area contributed by atoms with Gasteiger partial charge >= 0.3 is 0 Å². The van der Waals surface area contributed by atoms with E-state index in [4.69, 9.17) is 21.1 Å². The Morgan fingerprint density at radius 1 is 1.25 bits per heavy atom. The SMILES string of the molecule is COc1nc2ccc(C(O)(c3ccc(C)nc3C)c3cnnn3C)cc2c(Cl)c1OCC1CC1(C)F. The topological polar surface area (TPSA) is 95.2 Å². The highest BCUT2D eigenvalue weighted by atomic mass is 35.5. The van der Waals surface area contributed by atoms with Gasteiger partial charge in [-0.2, -0.15) is 0 Å². The lowest BCUT2D eigenvalue weighted by Gasteiger charge is -2.30. The van der Waals surface area contributed by atoms with Crippen LogP contribution >= 0.6 is 11.6 Å². The Hall–Kier alpha value is -3.30. The van der Waals surface area contributed by atoms with E-state index in [9.17, 15) is 9.50 Å². The quantitative estimate of drug-likeness (QED) is 0.391. The van der Waals surface area contributed by atoms with Gasteiger partial charge in [-0.3, -0.25) is 4.98 Å². The summed E-state index contributed by atoms with van der Waals surface area (Å²) < 4.78 is 26.9. The summed E-state index contributed by atoms with van der Waals surface area (Å²) in [5.74, 6) is 0.247. The molecule has 0 spiro atoms. The van der Waals surface area contributed by atoms with E-state index in [0.29, 0.717) is 39.8 Å². The summed E-state index contributed by atoms with van der Waals surface area (Å²) in [6, 6.07) is 8.99. The summed E-state index contributed by atoms with van der Waals surface area (Å²) in [5.41, 5.74) is 0.757. The highest BCUT2D eigenvalue weighted by Crippen LogP contribution is 2.48. The molecule has 8 nitrogen and oxygen atoms in total. The molecule has 0 aliphatic heterocycles. The molecule has 188 valence electrons. The van der Waals surface area contributed by atoms with Crippen molar-refractivity contribution < 1.29 is 19.0 Å². The van der Waals surface area contributed by atoms with Gasteiger partial charge in [0, 0.05) is 35.3 Å². The van der Waals surface area contributed by atoms with Crippen molar-refractivity contribution in [1.82, 2.24) is 25.0 Å². The van der Waals surface area contributed by atoms with Gasteiger partial charge < -0.3 is 14.6 Å².